The zero-order chi connectivity index (χ0) is 16.6. The van der Waals surface area contributed by atoms with E-state index in [-0.39, 0.29) is 12.0 Å². The number of carbonyl (C=O) groups is 1. The molecular formula is C17H22ClNO4. The highest BCUT2D eigenvalue weighted by Gasteiger charge is 2.34. The third-order valence-electron chi connectivity index (χ3n) is 4.53. The van der Waals surface area contributed by atoms with Crippen LogP contribution in [0, 0.1) is 5.92 Å². The molecule has 23 heavy (non-hydrogen) atoms. The molecule has 2 aliphatic heterocycles. The fourth-order valence-corrected chi connectivity index (χ4v) is 3.42. The van der Waals surface area contributed by atoms with Crippen molar-refractivity contribution in [1.82, 2.24) is 4.90 Å². The number of carboxylic acids is 1. The Morgan fingerprint density at radius 3 is 3.00 bits per heavy atom. The molecule has 1 aromatic carbocycles. The first kappa shape index (κ1) is 16.6. The Labute approximate surface area is 141 Å². The zero-order valence-electron chi connectivity index (χ0n) is 13.5. The third kappa shape index (κ3) is 3.47. The predicted molar refractivity (Wildman–Crippen MR) is 87.2 cm³/mol. The molecule has 1 fully saturated rings. The van der Waals surface area contributed by atoms with Crippen molar-refractivity contribution in [1.29, 1.82) is 0 Å². The number of hydrogen-bond donors (Lipinski definition) is 1. The molecule has 126 valence electrons. The number of hydrogen-bond acceptors (Lipinski definition) is 4. The normalized spacial score (nSPS) is 23.9. The molecule has 0 spiro atoms. The van der Waals surface area contributed by atoms with E-state index in [4.69, 9.17) is 21.1 Å². The summed E-state index contributed by atoms with van der Waals surface area (Å²) in [6.07, 6.45) is 0. The van der Waals surface area contributed by atoms with Gasteiger partial charge in [0.05, 0.1) is 25.7 Å². The first-order chi connectivity index (χ1) is 10.9. The van der Waals surface area contributed by atoms with Crippen LogP contribution in [0.1, 0.15) is 25.0 Å². The van der Waals surface area contributed by atoms with Crippen molar-refractivity contribution in [3.8, 4) is 5.75 Å². The molecule has 0 aromatic heterocycles. The molecule has 5 nitrogen and oxygen atoms in total. The van der Waals surface area contributed by atoms with E-state index >= 15 is 0 Å². The minimum absolute atomic E-state index is 0.0551. The number of halogens is 1. The largest absolute Gasteiger partial charge is 0.492 e. The van der Waals surface area contributed by atoms with Crippen molar-refractivity contribution >= 4 is 17.6 Å². The van der Waals surface area contributed by atoms with Gasteiger partial charge in [-0.15, -0.1) is 0 Å². The molecule has 0 aliphatic carbocycles. The average molecular weight is 340 g/mol. The monoisotopic (exact) mass is 339 g/mol. The molecule has 1 atom stereocenters. The first-order valence-corrected chi connectivity index (χ1v) is 8.23. The molecule has 1 saturated heterocycles. The van der Waals surface area contributed by atoms with Crippen LogP contribution in [0.15, 0.2) is 12.1 Å². The molecule has 1 N–H and O–H groups in total. The summed E-state index contributed by atoms with van der Waals surface area (Å²) < 4.78 is 11.3. The third-order valence-corrected chi connectivity index (χ3v) is 4.75. The Morgan fingerprint density at radius 2 is 2.26 bits per heavy atom. The molecule has 2 heterocycles. The van der Waals surface area contributed by atoms with Gasteiger partial charge in [0.1, 0.15) is 5.75 Å². The lowest BCUT2D eigenvalue weighted by Gasteiger charge is -2.23. The van der Waals surface area contributed by atoms with Gasteiger partial charge in [0.25, 0.3) is 0 Å². The fourth-order valence-electron chi connectivity index (χ4n) is 3.18. The topological polar surface area (TPSA) is 59.0 Å². The highest BCUT2D eigenvalue weighted by atomic mass is 35.5. The number of carboxylic acid groups (broad SMARTS) is 1. The van der Waals surface area contributed by atoms with E-state index in [1.807, 2.05) is 12.1 Å². The SMILES string of the molecule is CC1(C)COc2c(CN3CCOCC(C(=O)O)C3)cc(Cl)cc21. The number of ether oxygens (including phenoxy) is 2. The summed E-state index contributed by atoms with van der Waals surface area (Å²) in [6.45, 7) is 7.51. The predicted octanol–water partition coefficient (Wildman–Crippen LogP) is 2.54. The Balaban J connectivity index is 1.84. The van der Waals surface area contributed by atoms with Gasteiger partial charge in [-0.1, -0.05) is 25.4 Å². The van der Waals surface area contributed by atoms with Crippen molar-refractivity contribution in [3.05, 3.63) is 28.3 Å². The summed E-state index contributed by atoms with van der Waals surface area (Å²) in [6, 6.07) is 3.89. The van der Waals surface area contributed by atoms with Crippen LogP contribution in [-0.2, 0) is 21.5 Å². The van der Waals surface area contributed by atoms with Gasteiger partial charge in [-0.3, -0.25) is 9.69 Å². The van der Waals surface area contributed by atoms with Gasteiger partial charge >= 0.3 is 5.97 Å². The van der Waals surface area contributed by atoms with Crippen LogP contribution in [0.5, 0.6) is 5.75 Å². The molecule has 1 unspecified atom stereocenters. The van der Waals surface area contributed by atoms with E-state index in [1.165, 1.54) is 0 Å². The number of benzene rings is 1. The fraction of sp³-hybridized carbons (Fsp3) is 0.588. The maximum Gasteiger partial charge on any atom is 0.310 e. The molecule has 0 radical (unpaired) electrons. The van der Waals surface area contributed by atoms with Crippen LogP contribution in [0.25, 0.3) is 0 Å². The first-order valence-electron chi connectivity index (χ1n) is 7.85. The van der Waals surface area contributed by atoms with Crippen LogP contribution >= 0.6 is 11.6 Å². The second-order valence-corrected chi connectivity index (χ2v) is 7.40. The number of rotatable bonds is 3. The van der Waals surface area contributed by atoms with Gasteiger partial charge in [0.15, 0.2) is 0 Å². The smallest absolute Gasteiger partial charge is 0.310 e. The van der Waals surface area contributed by atoms with Crippen LogP contribution in [0.2, 0.25) is 5.02 Å². The van der Waals surface area contributed by atoms with E-state index in [1.54, 1.807) is 0 Å². The molecular weight excluding hydrogens is 318 g/mol. The van der Waals surface area contributed by atoms with Crippen LogP contribution < -0.4 is 4.74 Å². The van der Waals surface area contributed by atoms with Crippen LogP contribution in [0.3, 0.4) is 0 Å². The van der Waals surface area contributed by atoms with E-state index in [9.17, 15) is 9.90 Å². The van der Waals surface area contributed by atoms with Gasteiger partial charge in [-0.25, -0.2) is 0 Å². The van der Waals surface area contributed by atoms with E-state index in [2.05, 4.69) is 18.7 Å². The zero-order valence-corrected chi connectivity index (χ0v) is 14.2. The minimum Gasteiger partial charge on any atom is -0.492 e. The summed E-state index contributed by atoms with van der Waals surface area (Å²) in [7, 11) is 0. The van der Waals surface area contributed by atoms with Gasteiger partial charge in [0, 0.05) is 41.2 Å². The van der Waals surface area contributed by atoms with Crippen molar-refractivity contribution in [3.63, 3.8) is 0 Å². The highest BCUT2D eigenvalue weighted by Crippen LogP contribution is 2.42. The molecule has 6 heteroatoms. The minimum atomic E-state index is -0.814. The number of nitrogens with zero attached hydrogens (tertiary/aromatic N) is 1. The summed E-state index contributed by atoms with van der Waals surface area (Å²) in [4.78, 5) is 13.4. The molecule has 0 amide bonds. The summed E-state index contributed by atoms with van der Waals surface area (Å²) in [5, 5.41) is 9.96. The van der Waals surface area contributed by atoms with Crippen molar-refractivity contribution in [2.45, 2.75) is 25.8 Å². The van der Waals surface area contributed by atoms with Crippen LogP contribution in [-0.4, -0.2) is 48.9 Å². The van der Waals surface area contributed by atoms with Gasteiger partial charge < -0.3 is 14.6 Å². The Bertz CT molecular complexity index is 617. The lowest BCUT2D eigenvalue weighted by molar-refractivity contribution is -0.143. The quantitative estimate of drug-likeness (QED) is 0.917. The maximum absolute atomic E-state index is 11.3. The number of aliphatic carboxylic acids is 1. The standard InChI is InChI=1S/C17H22ClNO4/c1-17(2)10-23-15-11(5-13(18)6-14(15)17)7-19-3-4-22-9-12(8-19)16(20)21/h5-6,12H,3-4,7-10H2,1-2H3,(H,20,21). The second kappa shape index (κ2) is 6.30. The highest BCUT2D eigenvalue weighted by molar-refractivity contribution is 6.30. The Hall–Kier alpha value is -1.30. The Kier molecular flexibility index (Phi) is 4.54. The molecule has 0 bridgehead atoms. The van der Waals surface area contributed by atoms with Gasteiger partial charge in [-0.05, 0) is 12.1 Å². The molecule has 1 aromatic rings. The molecule has 0 saturated carbocycles. The second-order valence-electron chi connectivity index (χ2n) is 6.96. The summed E-state index contributed by atoms with van der Waals surface area (Å²) in [5.41, 5.74) is 2.09. The van der Waals surface area contributed by atoms with Gasteiger partial charge in [-0.2, -0.15) is 0 Å². The van der Waals surface area contributed by atoms with E-state index < -0.39 is 11.9 Å². The van der Waals surface area contributed by atoms with Crippen molar-refractivity contribution in [2.75, 3.05) is 32.9 Å². The average Bonchev–Trinajstić information content (AvgIpc) is 2.65. The van der Waals surface area contributed by atoms with E-state index in [0.717, 1.165) is 16.9 Å². The number of fused-ring (bicyclic) bond motifs is 1. The summed E-state index contributed by atoms with van der Waals surface area (Å²) in [5.74, 6) is -0.413. The van der Waals surface area contributed by atoms with Gasteiger partial charge in [0.2, 0.25) is 0 Å². The lowest BCUT2D eigenvalue weighted by Crippen LogP contribution is -2.33. The van der Waals surface area contributed by atoms with Crippen molar-refractivity contribution in [2.24, 2.45) is 5.92 Å². The summed E-state index contributed by atoms with van der Waals surface area (Å²) >= 11 is 6.29. The molecule has 2 aliphatic rings. The lowest BCUT2D eigenvalue weighted by atomic mass is 9.86. The molecule has 3 rings (SSSR count). The van der Waals surface area contributed by atoms with Crippen LogP contribution in [0.4, 0.5) is 0 Å². The maximum atomic E-state index is 11.3. The van der Waals surface area contributed by atoms with E-state index in [0.29, 0.717) is 37.9 Å². The van der Waals surface area contributed by atoms with Crippen molar-refractivity contribution < 1.29 is 19.4 Å². The Morgan fingerprint density at radius 1 is 1.48 bits per heavy atom.